The van der Waals surface area contributed by atoms with Crippen molar-refractivity contribution in [1.82, 2.24) is 16.0 Å². The zero-order valence-corrected chi connectivity index (χ0v) is 14.8. The van der Waals surface area contributed by atoms with Crippen LogP contribution in [-0.2, 0) is 19.1 Å². The molecular formula is C15H31N5O4. The number of ether oxygens (including phenoxy) is 1. The second-order valence-electron chi connectivity index (χ2n) is 6.25. The van der Waals surface area contributed by atoms with Crippen LogP contribution in [0.25, 0.3) is 0 Å². The average Bonchev–Trinajstić information content (AvgIpc) is 2.44. The van der Waals surface area contributed by atoms with Crippen LogP contribution in [0.4, 0.5) is 0 Å². The lowest BCUT2D eigenvalue weighted by Gasteiger charge is -2.27. The maximum Gasteiger partial charge on any atom is 0.231 e. The summed E-state index contributed by atoms with van der Waals surface area (Å²) in [5, 5.41) is 8.31. The molecule has 9 nitrogen and oxygen atoms in total. The first-order valence-corrected chi connectivity index (χ1v) is 8.05. The molecule has 0 saturated heterocycles. The molecule has 7 N–H and O–H groups in total. The molecule has 0 radical (unpaired) electrons. The summed E-state index contributed by atoms with van der Waals surface area (Å²) in [6.45, 7) is 7.00. The lowest BCUT2D eigenvalue weighted by atomic mass is 10.0. The SMILES string of the molecule is CC(COC(C)(C)CC(=O)NCCNCC(N)=O)NC(=O)CCN. The topological polar surface area (TPSA) is 149 Å². The van der Waals surface area contributed by atoms with Crippen molar-refractivity contribution < 1.29 is 19.1 Å². The fourth-order valence-corrected chi connectivity index (χ4v) is 1.87. The smallest absolute Gasteiger partial charge is 0.231 e. The van der Waals surface area contributed by atoms with Crippen molar-refractivity contribution in [2.24, 2.45) is 11.5 Å². The number of carbonyl (C=O) groups is 3. The predicted octanol–water partition coefficient (Wildman–Crippen LogP) is -1.78. The van der Waals surface area contributed by atoms with E-state index in [-0.39, 0.29) is 37.2 Å². The van der Waals surface area contributed by atoms with E-state index in [0.717, 1.165) is 0 Å². The van der Waals surface area contributed by atoms with E-state index in [9.17, 15) is 14.4 Å². The Morgan fingerprint density at radius 1 is 1.17 bits per heavy atom. The molecule has 1 unspecified atom stereocenters. The number of carbonyl (C=O) groups excluding carboxylic acids is 3. The number of rotatable bonds is 13. The summed E-state index contributed by atoms with van der Waals surface area (Å²) in [4.78, 5) is 33.8. The number of nitrogens with two attached hydrogens (primary N) is 2. The van der Waals surface area contributed by atoms with Crippen LogP contribution in [0, 0.1) is 0 Å². The first-order valence-electron chi connectivity index (χ1n) is 8.05. The molecule has 0 fully saturated rings. The third kappa shape index (κ3) is 12.8. The molecule has 0 rings (SSSR count). The Balaban J connectivity index is 3.95. The van der Waals surface area contributed by atoms with E-state index in [2.05, 4.69) is 16.0 Å². The molecule has 0 bridgehead atoms. The van der Waals surface area contributed by atoms with E-state index >= 15 is 0 Å². The Kier molecular flexibility index (Phi) is 10.9. The summed E-state index contributed by atoms with van der Waals surface area (Å²) in [6.07, 6.45) is 0.464. The van der Waals surface area contributed by atoms with E-state index < -0.39 is 11.5 Å². The van der Waals surface area contributed by atoms with Crippen molar-refractivity contribution in [1.29, 1.82) is 0 Å². The molecule has 1 atom stereocenters. The van der Waals surface area contributed by atoms with Gasteiger partial charge in [-0.15, -0.1) is 0 Å². The molecular weight excluding hydrogens is 314 g/mol. The quantitative estimate of drug-likeness (QED) is 0.249. The van der Waals surface area contributed by atoms with Crippen LogP contribution in [-0.4, -0.2) is 62.2 Å². The average molecular weight is 345 g/mol. The van der Waals surface area contributed by atoms with Gasteiger partial charge in [0.25, 0.3) is 0 Å². The van der Waals surface area contributed by atoms with Gasteiger partial charge in [-0.2, -0.15) is 0 Å². The van der Waals surface area contributed by atoms with Gasteiger partial charge >= 0.3 is 0 Å². The Bertz CT molecular complexity index is 415. The van der Waals surface area contributed by atoms with Crippen molar-refractivity contribution in [3.63, 3.8) is 0 Å². The maximum absolute atomic E-state index is 11.9. The minimum atomic E-state index is -0.655. The summed E-state index contributed by atoms with van der Waals surface area (Å²) in [6, 6.07) is -0.163. The van der Waals surface area contributed by atoms with Crippen LogP contribution >= 0.6 is 0 Å². The van der Waals surface area contributed by atoms with Crippen molar-refractivity contribution >= 4 is 17.7 Å². The van der Waals surface area contributed by atoms with Crippen LogP contribution < -0.4 is 27.4 Å². The summed E-state index contributed by atoms with van der Waals surface area (Å²) in [5.74, 6) is -0.711. The van der Waals surface area contributed by atoms with Gasteiger partial charge in [0.15, 0.2) is 0 Å². The molecule has 24 heavy (non-hydrogen) atoms. The van der Waals surface area contributed by atoms with Crippen LogP contribution in [0.1, 0.15) is 33.6 Å². The van der Waals surface area contributed by atoms with Crippen molar-refractivity contribution in [3.8, 4) is 0 Å². The standard InChI is InChI=1S/C15H31N5O4/c1-11(20-13(22)4-5-16)10-24-15(2,3)8-14(23)19-7-6-18-9-12(17)21/h11,18H,4-10,16H2,1-3H3,(H2,17,21)(H,19,23)(H,20,22). The zero-order valence-electron chi connectivity index (χ0n) is 14.8. The van der Waals surface area contributed by atoms with Gasteiger partial charge < -0.3 is 32.2 Å². The lowest BCUT2D eigenvalue weighted by Crippen LogP contribution is -2.42. The van der Waals surface area contributed by atoms with Gasteiger partial charge in [0, 0.05) is 32.1 Å². The van der Waals surface area contributed by atoms with E-state index in [4.69, 9.17) is 16.2 Å². The maximum atomic E-state index is 11.9. The number of amides is 3. The Hall–Kier alpha value is -1.71. The number of hydrogen-bond acceptors (Lipinski definition) is 6. The Morgan fingerprint density at radius 3 is 2.42 bits per heavy atom. The van der Waals surface area contributed by atoms with Crippen LogP contribution in [0.2, 0.25) is 0 Å². The first kappa shape index (κ1) is 22.3. The first-order chi connectivity index (χ1) is 11.2. The molecule has 0 aliphatic carbocycles. The molecule has 0 aromatic rings. The monoisotopic (exact) mass is 345 g/mol. The minimum absolute atomic E-state index is 0.0816. The number of primary amides is 1. The number of hydrogen-bond donors (Lipinski definition) is 5. The summed E-state index contributed by atoms with van der Waals surface area (Å²) < 4.78 is 5.72. The molecule has 0 aromatic carbocycles. The van der Waals surface area contributed by atoms with Crippen LogP contribution in [0.3, 0.4) is 0 Å². The number of nitrogens with one attached hydrogen (secondary N) is 3. The van der Waals surface area contributed by atoms with Gasteiger partial charge in [-0.3, -0.25) is 14.4 Å². The third-order valence-electron chi connectivity index (χ3n) is 3.01. The highest BCUT2D eigenvalue weighted by molar-refractivity contribution is 5.77. The highest BCUT2D eigenvalue weighted by Crippen LogP contribution is 2.14. The summed E-state index contributed by atoms with van der Waals surface area (Å²) in [7, 11) is 0. The lowest BCUT2D eigenvalue weighted by molar-refractivity contribution is -0.129. The fraction of sp³-hybridized carbons (Fsp3) is 0.800. The largest absolute Gasteiger partial charge is 0.373 e. The summed E-state index contributed by atoms with van der Waals surface area (Å²) >= 11 is 0. The molecule has 9 heteroatoms. The molecule has 0 saturated carbocycles. The van der Waals surface area contributed by atoms with Crippen LogP contribution in [0.15, 0.2) is 0 Å². The zero-order chi connectivity index (χ0) is 18.6. The second kappa shape index (κ2) is 11.8. The predicted molar refractivity (Wildman–Crippen MR) is 91.0 cm³/mol. The molecule has 0 aromatic heterocycles. The molecule has 0 heterocycles. The molecule has 0 aliphatic rings. The highest BCUT2D eigenvalue weighted by Gasteiger charge is 2.23. The van der Waals surface area contributed by atoms with Crippen molar-refractivity contribution in [3.05, 3.63) is 0 Å². The van der Waals surface area contributed by atoms with E-state index in [0.29, 0.717) is 26.2 Å². The second-order valence-corrected chi connectivity index (χ2v) is 6.25. The Morgan fingerprint density at radius 2 is 1.83 bits per heavy atom. The van der Waals surface area contributed by atoms with Gasteiger partial charge in [-0.1, -0.05) is 0 Å². The van der Waals surface area contributed by atoms with Crippen LogP contribution in [0.5, 0.6) is 0 Å². The van der Waals surface area contributed by atoms with Crippen molar-refractivity contribution in [2.75, 3.05) is 32.8 Å². The van der Waals surface area contributed by atoms with Gasteiger partial charge in [0.05, 0.1) is 25.2 Å². The van der Waals surface area contributed by atoms with E-state index in [1.54, 1.807) is 0 Å². The van der Waals surface area contributed by atoms with Gasteiger partial charge in [0.2, 0.25) is 17.7 Å². The van der Waals surface area contributed by atoms with Gasteiger partial charge in [-0.05, 0) is 20.8 Å². The summed E-state index contributed by atoms with van der Waals surface area (Å²) in [5.41, 5.74) is 9.64. The molecule has 140 valence electrons. The highest BCUT2D eigenvalue weighted by atomic mass is 16.5. The normalized spacial score (nSPS) is 12.5. The van der Waals surface area contributed by atoms with Gasteiger partial charge in [-0.25, -0.2) is 0 Å². The van der Waals surface area contributed by atoms with Gasteiger partial charge in [0.1, 0.15) is 0 Å². The molecule has 0 spiro atoms. The fourth-order valence-electron chi connectivity index (χ4n) is 1.87. The third-order valence-corrected chi connectivity index (χ3v) is 3.01. The minimum Gasteiger partial charge on any atom is -0.373 e. The Labute approximate surface area is 143 Å². The van der Waals surface area contributed by atoms with Crippen molar-refractivity contribution in [2.45, 2.75) is 45.3 Å². The van der Waals surface area contributed by atoms with E-state index in [1.807, 2.05) is 20.8 Å². The molecule has 3 amide bonds. The molecule has 0 aliphatic heterocycles. The van der Waals surface area contributed by atoms with E-state index in [1.165, 1.54) is 0 Å².